The molecule has 0 radical (unpaired) electrons. The summed E-state index contributed by atoms with van der Waals surface area (Å²) in [4.78, 5) is 9.65. The van der Waals surface area contributed by atoms with E-state index in [0.29, 0.717) is 0 Å². The molecule has 0 heterocycles. The van der Waals surface area contributed by atoms with Crippen LogP contribution in [-0.2, 0) is 17.1 Å². The van der Waals surface area contributed by atoms with Gasteiger partial charge in [-0.1, -0.05) is 0 Å². The van der Waals surface area contributed by atoms with E-state index >= 15 is 0 Å². The van der Waals surface area contributed by atoms with Gasteiger partial charge in [-0.15, -0.1) is 0 Å². The van der Waals surface area contributed by atoms with Crippen LogP contribution < -0.4 is 16.7 Å². The fraction of sp³-hybridized carbons (Fsp3) is 0. The minimum Gasteiger partial charge on any atom is -0.582 e. The first-order chi connectivity index (χ1) is 2.81. The smallest absolute Gasteiger partial charge is 0.582 e. The van der Waals surface area contributed by atoms with Crippen molar-refractivity contribution < 1.29 is 21.9 Å². The number of nitrogens with one attached hydrogen (secondary N) is 3. The van der Waals surface area contributed by atoms with Crippen molar-refractivity contribution >= 4 is 6.03 Å². The second kappa shape index (κ2) is 5.71. The van der Waals surface area contributed by atoms with Crippen molar-refractivity contribution in [3.8, 4) is 0 Å². The number of amides is 2. The van der Waals surface area contributed by atoms with Crippen LogP contribution in [0.2, 0.25) is 0 Å². The summed E-state index contributed by atoms with van der Waals surface area (Å²) in [5.41, 5.74) is 3.17. The number of hydrogen-bond donors (Lipinski definition) is 3. The van der Waals surface area contributed by atoms with E-state index in [0.717, 1.165) is 0 Å². The predicted octanol–water partition coefficient (Wildman–Crippen LogP) is -0.876. The molecule has 0 aromatic rings. The van der Waals surface area contributed by atoms with Crippen molar-refractivity contribution in [2.75, 3.05) is 0 Å². The Kier molecular flexibility index (Phi) is 8.04. The van der Waals surface area contributed by atoms with E-state index in [1.807, 2.05) is 0 Å². The Hall–Kier alpha value is -0.291. The third-order valence-electron chi connectivity index (χ3n) is 0.245. The van der Waals surface area contributed by atoms with Gasteiger partial charge in [0.05, 0.1) is 0 Å². The van der Waals surface area contributed by atoms with E-state index in [4.69, 9.17) is 5.84 Å². The van der Waals surface area contributed by atoms with E-state index in [1.165, 1.54) is 5.43 Å². The zero-order chi connectivity index (χ0) is 4.99. The minimum absolute atomic E-state index is 0. The minimum atomic E-state index is -0.713. The molecule has 0 atom stereocenters. The Balaban J connectivity index is 0. The SMILES string of the molecule is [Cu+].[NH-]NC(=O)NN. The van der Waals surface area contributed by atoms with Crippen molar-refractivity contribution in [3.05, 3.63) is 5.84 Å². The maximum Gasteiger partial charge on any atom is 1.00 e. The number of rotatable bonds is 0. The Morgan fingerprint density at radius 3 is 2.14 bits per heavy atom. The summed E-state index contributed by atoms with van der Waals surface area (Å²) in [7, 11) is 0. The van der Waals surface area contributed by atoms with Gasteiger partial charge in [-0.3, -0.25) is 5.43 Å². The van der Waals surface area contributed by atoms with E-state index < -0.39 is 6.03 Å². The molecule has 0 spiro atoms. The molecule has 0 unspecified atom stereocenters. The molecule has 0 aliphatic rings. The molecule has 6 heteroatoms. The van der Waals surface area contributed by atoms with Gasteiger partial charge in [-0.2, -0.15) is 0 Å². The number of carbonyl (C=O) groups excluding carboxylic acids is 1. The van der Waals surface area contributed by atoms with Crippen molar-refractivity contribution in [2.45, 2.75) is 0 Å². The Morgan fingerprint density at radius 1 is 1.71 bits per heavy atom. The normalized spacial score (nSPS) is 6.00. The first kappa shape index (κ1) is 9.86. The molecule has 5 nitrogen and oxygen atoms in total. The van der Waals surface area contributed by atoms with Crippen LogP contribution in [-0.4, -0.2) is 6.03 Å². The van der Waals surface area contributed by atoms with Crippen molar-refractivity contribution in [1.29, 1.82) is 0 Å². The van der Waals surface area contributed by atoms with E-state index in [9.17, 15) is 4.79 Å². The van der Waals surface area contributed by atoms with Crippen LogP contribution >= 0.6 is 0 Å². The summed E-state index contributed by atoms with van der Waals surface area (Å²) in [5.74, 6) is 10.6. The van der Waals surface area contributed by atoms with Crippen LogP contribution in [0.15, 0.2) is 0 Å². The standard InChI is InChI=1S/CH5N4O.Cu/c2-4-1(6)5-3;/h2H,3H2,(H2,4,5,6);/q-1;+1. The summed E-state index contributed by atoms with van der Waals surface area (Å²) >= 11 is 0. The molecule has 46 valence electrons. The average molecular weight is 153 g/mol. The maximum atomic E-state index is 9.65. The van der Waals surface area contributed by atoms with Crippen LogP contribution in [0, 0.1) is 0 Å². The van der Waals surface area contributed by atoms with Gasteiger partial charge in [-0.05, 0) is 0 Å². The van der Waals surface area contributed by atoms with Gasteiger partial charge in [0.25, 0.3) is 0 Å². The number of carbonyl (C=O) groups is 1. The Bertz CT molecular complexity index is 49.7. The molecule has 0 aliphatic carbocycles. The van der Waals surface area contributed by atoms with Crippen LogP contribution in [0.4, 0.5) is 4.79 Å². The van der Waals surface area contributed by atoms with E-state index in [-0.39, 0.29) is 17.1 Å². The van der Waals surface area contributed by atoms with Gasteiger partial charge >= 0.3 is 23.1 Å². The Morgan fingerprint density at radius 2 is 2.14 bits per heavy atom. The van der Waals surface area contributed by atoms with Crippen LogP contribution in [0.5, 0.6) is 0 Å². The van der Waals surface area contributed by atoms with E-state index in [2.05, 4.69) is 5.84 Å². The van der Waals surface area contributed by atoms with Gasteiger partial charge in [0.1, 0.15) is 0 Å². The molecule has 0 aliphatic heterocycles. The monoisotopic (exact) mass is 152 g/mol. The van der Waals surface area contributed by atoms with Gasteiger partial charge in [-0.25, -0.2) is 10.6 Å². The van der Waals surface area contributed by atoms with Crippen molar-refractivity contribution in [3.63, 3.8) is 0 Å². The Labute approximate surface area is 51.2 Å². The number of nitrogens with two attached hydrogens (primary N) is 1. The molecule has 0 bridgehead atoms. The zero-order valence-electron chi connectivity index (χ0n) is 3.29. The molecule has 5 N–H and O–H groups in total. The van der Waals surface area contributed by atoms with Crippen molar-refractivity contribution in [1.82, 2.24) is 10.9 Å². The maximum absolute atomic E-state index is 9.65. The summed E-state index contributed by atoms with van der Waals surface area (Å²) < 4.78 is 0. The topological polar surface area (TPSA) is 90.9 Å². The molecular weight excluding hydrogens is 148 g/mol. The first-order valence-electron chi connectivity index (χ1n) is 1.24. The first-order valence-corrected chi connectivity index (χ1v) is 1.24. The van der Waals surface area contributed by atoms with Gasteiger partial charge in [0, 0.05) is 0 Å². The molecule has 0 aromatic heterocycles. The predicted molar refractivity (Wildman–Crippen MR) is 20.2 cm³/mol. The molecule has 0 aromatic carbocycles. The van der Waals surface area contributed by atoms with Crippen LogP contribution in [0.3, 0.4) is 0 Å². The summed E-state index contributed by atoms with van der Waals surface area (Å²) in [5, 5.41) is 0. The second-order valence-electron chi connectivity index (χ2n) is 0.598. The summed E-state index contributed by atoms with van der Waals surface area (Å²) in [6.45, 7) is 0. The second-order valence-corrected chi connectivity index (χ2v) is 0.598. The van der Waals surface area contributed by atoms with E-state index in [1.54, 1.807) is 5.43 Å². The summed E-state index contributed by atoms with van der Waals surface area (Å²) in [6.07, 6.45) is 0. The molecule has 7 heavy (non-hydrogen) atoms. The van der Waals surface area contributed by atoms with Gasteiger partial charge < -0.3 is 11.3 Å². The summed E-state index contributed by atoms with van der Waals surface area (Å²) in [6, 6.07) is -0.713. The third kappa shape index (κ3) is 5.71. The fourth-order valence-corrected chi connectivity index (χ4v) is 0.0361. The van der Waals surface area contributed by atoms with Crippen molar-refractivity contribution in [2.24, 2.45) is 5.84 Å². The zero-order valence-corrected chi connectivity index (χ0v) is 4.23. The molecule has 0 fully saturated rings. The number of urea groups is 1. The van der Waals surface area contributed by atoms with Crippen LogP contribution in [0.25, 0.3) is 5.84 Å². The van der Waals surface area contributed by atoms with Gasteiger partial charge in [0.15, 0.2) is 0 Å². The van der Waals surface area contributed by atoms with Gasteiger partial charge in [0.2, 0.25) is 0 Å². The molecule has 0 saturated carbocycles. The molecule has 2 amide bonds. The number of hydrazine groups is 1. The molecule has 0 saturated heterocycles. The largest absolute Gasteiger partial charge is 1.00 e. The fourth-order valence-electron chi connectivity index (χ4n) is 0.0361. The quantitative estimate of drug-likeness (QED) is 0.182. The molecular formula is CH5CuN4O. The number of hydrogen-bond acceptors (Lipinski definition) is 2. The van der Waals surface area contributed by atoms with Crippen LogP contribution in [0.1, 0.15) is 0 Å². The average Bonchev–Trinajstić information content (AvgIpc) is 1.65. The molecule has 0 rings (SSSR count). The third-order valence-corrected chi connectivity index (χ3v) is 0.245.